The van der Waals surface area contributed by atoms with Crippen LogP contribution in [0.2, 0.25) is 0 Å². The second-order valence-electron chi connectivity index (χ2n) is 5.63. The highest BCUT2D eigenvalue weighted by atomic mass is 32.1. The first-order valence-electron chi connectivity index (χ1n) is 7.34. The van der Waals surface area contributed by atoms with Crippen LogP contribution in [0.5, 0.6) is 0 Å². The van der Waals surface area contributed by atoms with Gasteiger partial charge in [-0.3, -0.25) is 4.98 Å². The normalized spacial score (nSPS) is 12.9. The van der Waals surface area contributed by atoms with Gasteiger partial charge in [0.2, 0.25) is 0 Å². The summed E-state index contributed by atoms with van der Waals surface area (Å²) >= 11 is 1.83. The topological polar surface area (TPSA) is 24.9 Å². The molecule has 108 valence electrons. The molecular formula is C18H20N2S. The van der Waals surface area contributed by atoms with Crippen molar-refractivity contribution in [2.24, 2.45) is 5.92 Å². The molecule has 0 spiro atoms. The summed E-state index contributed by atoms with van der Waals surface area (Å²) in [5.41, 5.74) is 1.33. The zero-order chi connectivity index (χ0) is 14.7. The van der Waals surface area contributed by atoms with Gasteiger partial charge in [0.05, 0.1) is 0 Å². The SMILES string of the molecule is CC(C)C(NCc1cccc2cnccc12)c1cccs1. The summed E-state index contributed by atoms with van der Waals surface area (Å²) in [6.07, 6.45) is 3.79. The highest BCUT2D eigenvalue weighted by Crippen LogP contribution is 2.27. The third-order valence-corrected chi connectivity index (χ3v) is 4.76. The van der Waals surface area contributed by atoms with Crippen molar-refractivity contribution in [1.29, 1.82) is 0 Å². The van der Waals surface area contributed by atoms with Gasteiger partial charge in [-0.15, -0.1) is 11.3 Å². The minimum Gasteiger partial charge on any atom is -0.305 e. The molecule has 1 atom stereocenters. The number of thiophene rings is 1. The van der Waals surface area contributed by atoms with E-state index < -0.39 is 0 Å². The maximum absolute atomic E-state index is 4.20. The quantitative estimate of drug-likeness (QED) is 0.732. The van der Waals surface area contributed by atoms with Crippen LogP contribution in [0.1, 0.15) is 30.3 Å². The maximum atomic E-state index is 4.20. The predicted molar refractivity (Wildman–Crippen MR) is 90.5 cm³/mol. The van der Waals surface area contributed by atoms with Crippen LogP contribution >= 0.6 is 11.3 Å². The molecule has 3 aromatic rings. The van der Waals surface area contributed by atoms with Crippen LogP contribution in [0.25, 0.3) is 10.8 Å². The van der Waals surface area contributed by atoms with Gasteiger partial charge in [-0.05, 0) is 34.4 Å². The van der Waals surface area contributed by atoms with E-state index in [1.54, 1.807) is 0 Å². The smallest absolute Gasteiger partial charge is 0.0440 e. The van der Waals surface area contributed by atoms with Crippen LogP contribution in [0.15, 0.2) is 54.2 Å². The average molecular weight is 296 g/mol. The molecule has 0 aliphatic rings. The molecule has 1 unspecified atom stereocenters. The van der Waals surface area contributed by atoms with Crippen molar-refractivity contribution >= 4 is 22.1 Å². The fourth-order valence-electron chi connectivity index (χ4n) is 2.70. The molecule has 2 nitrogen and oxygen atoms in total. The molecule has 0 fully saturated rings. The van der Waals surface area contributed by atoms with E-state index in [0.717, 1.165) is 6.54 Å². The summed E-state index contributed by atoms with van der Waals surface area (Å²) < 4.78 is 0. The molecule has 21 heavy (non-hydrogen) atoms. The molecule has 0 saturated carbocycles. The lowest BCUT2D eigenvalue weighted by Crippen LogP contribution is -2.24. The second kappa shape index (κ2) is 6.37. The molecule has 0 saturated heterocycles. The summed E-state index contributed by atoms with van der Waals surface area (Å²) in [5, 5.41) is 8.36. The van der Waals surface area contributed by atoms with Crippen LogP contribution in [0.3, 0.4) is 0 Å². The van der Waals surface area contributed by atoms with E-state index in [1.807, 2.05) is 23.7 Å². The third kappa shape index (κ3) is 3.14. The minimum atomic E-state index is 0.405. The Morgan fingerprint density at radius 1 is 1.14 bits per heavy atom. The average Bonchev–Trinajstić information content (AvgIpc) is 3.01. The van der Waals surface area contributed by atoms with E-state index in [9.17, 15) is 0 Å². The molecule has 0 radical (unpaired) electrons. The van der Waals surface area contributed by atoms with Crippen LogP contribution in [0.4, 0.5) is 0 Å². The highest BCUT2D eigenvalue weighted by Gasteiger charge is 2.16. The van der Waals surface area contributed by atoms with Gasteiger partial charge >= 0.3 is 0 Å². The Labute approximate surface area is 129 Å². The van der Waals surface area contributed by atoms with Gasteiger partial charge in [-0.2, -0.15) is 0 Å². The lowest BCUT2D eigenvalue weighted by atomic mass is 10.0. The number of benzene rings is 1. The van der Waals surface area contributed by atoms with Gasteiger partial charge in [0, 0.05) is 35.2 Å². The molecule has 2 heterocycles. The van der Waals surface area contributed by atoms with Gasteiger partial charge in [-0.25, -0.2) is 0 Å². The maximum Gasteiger partial charge on any atom is 0.0440 e. The summed E-state index contributed by atoms with van der Waals surface area (Å²) in [7, 11) is 0. The van der Waals surface area contributed by atoms with Crippen LogP contribution in [-0.4, -0.2) is 4.98 Å². The molecular weight excluding hydrogens is 276 g/mol. The summed E-state index contributed by atoms with van der Waals surface area (Å²) in [6.45, 7) is 5.41. The van der Waals surface area contributed by atoms with Crippen molar-refractivity contribution in [3.05, 3.63) is 64.6 Å². The van der Waals surface area contributed by atoms with E-state index in [2.05, 4.69) is 65.9 Å². The van der Waals surface area contributed by atoms with Gasteiger partial charge < -0.3 is 5.32 Å². The number of fused-ring (bicyclic) bond motifs is 1. The van der Waals surface area contributed by atoms with Gasteiger partial charge in [0.25, 0.3) is 0 Å². The van der Waals surface area contributed by atoms with E-state index in [-0.39, 0.29) is 0 Å². The first-order valence-corrected chi connectivity index (χ1v) is 8.22. The lowest BCUT2D eigenvalue weighted by Gasteiger charge is -2.21. The first kappa shape index (κ1) is 14.2. The zero-order valence-electron chi connectivity index (χ0n) is 12.4. The Kier molecular flexibility index (Phi) is 4.32. The van der Waals surface area contributed by atoms with Crippen molar-refractivity contribution < 1.29 is 0 Å². The monoisotopic (exact) mass is 296 g/mol. The molecule has 0 aliphatic carbocycles. The summed E-state index contributed by atoms with van der Waals surface area (Å²) in [4.78, 5) is 5.61. The standard InChI is InChI=1S/C18H20N2S/c1-13(2)18(17-7-4-10-21-17)20-12-15-6-3-5-14-11-19-9-8-16(14)15/h3-11,13,18,20H,12H2,1-2H3. The van der Waals surface area contributed by atoms with Crippen molar-refractivity contribution in [2.75, 3.05) is 0 Å². The molecule has 2 aromatic heterocycles. The fourth-order valence-corrected chi connectivity index (χ4v) is 3.67. The Bertz CT molecular complexity index is 699. The van der Waals surface area contributed by atoms with Crippen molar-refractivity contribution in [3.63, 3.8) is 0 Å². The molecule has 3 heteroatoms. The number of nitrogens with zero attached hydrogens (tertiary/aromatic N) is 1. The van der Waals surface area contributed by atoms with Crippen molar-refractivity contribution in [3.8, 4) is 0 Å². The lowest BCUT2D eigenvalue weighted by molar-refractivity contribution is 0.417. The van der Waals surface area contributed by atoms with Gasteiger partial charge in [-0.1, -0.05) is 38.1 Å². The molecule has 0 amide bonds. The minimum absolute atomic E-state index is 0.405. The van der Waals surface area contributed by atoms with E-state index in [4.69, 9.17) is 0 Å². The Morgan fingerprint density at radius 3 is 2.81 bits per heavy atom. The third-order valence-electron chi connectivity index (χ3n) is 3.80. The van der Waals surface area contributed by atoms with Crippen LogP contribution in [-0.2, 0) is 6.54 Å². The molecule has 1 N–H and O–H groups in total. The Morgan fingerprint density at radius 2 is 2.05 bits per heavy atom. The van der Waals surface area contributed by atoms with Crippen LogP contribution in [0, 0.1) is 5.92 Å². The van der Waals surface area contributed by atoms with Crippen molar-refractivity contribution in [2.45, 2.75) is 26.4 Å². The van der Waals surface area contributed by atoms with E-state index in [1.165, 1.54) is 21.2 Å². The number of rotatable bonds is 5. The number of hydrogen-bond donors (Lipinski definition) is 1. The number of pyridine rings is 1. The summed E-state index contributed by atoms with van der Waals surface area (Å²) in [6, 6.07) is 13.3. The molecule has 0 bridgehead atoms. The highest BCUT2D eigenvalue weighted by molar-refractivity contribution is 7.10. The fraction of sp³-hybridized carbons (Fsp3) is 0.278. The molecule has 1 aromatic carbocycles. The number of hydrogen-bond acceptors (Lipinski definition) is 3. The van der Waals surface area contributed by atoms with Crippen molar-refractivity contribution in [1.82, 2.24) is 10.3 Å². The summed E-state index contributed by atoms with van der Waals surface area (Å²) in [5.74, 6) is 0.570. The zero-order valence-corrected chi connectivity index (χ0v) is 13.2. The Balaban J connectivity index is 1.82. The first-order chi connectivity index (χ1) is 10.3. The largest absolute Gasteiger partial charge is 0.305 e. The molecule has 3 rings (SSSR count). The van der Waals surface area contributed by atoms with Crippen LogP contribution < -0.4 is 5.32 Å². The second-order valence-corrected chi connectivity index (χ2v) is 6.61. The predicted octanol–water partition coefficient (Wildman–Crippen LogP) is 4.78. The van der Waals surface area contributed by atoms with Gasteiger partial charge in [0.15, 0.2) is 0 Å². The Hall–Kier alpha value is -1.71. The molecule has 0 aliphatic heterocycles. The number of aromatic nitrogens is 1. The van der Waals surface area contributed by atoms with E-state index in [0.29, 0.717) is 12.0 Å². The number of nitrogens with one attached hydrogen (secondary N) is 1. The van der Waals surface area contributed by atoms with Gasteiger partial charge in [0.1, 0.15) is 0 Å². The van der Waals surface area contributed by atoms with E-state index >= 15 is 0 Å².